The van der Waals surface area contributed by atoms with Gasteiger partial charge in [0.2, 0.25) is 5.89 Å². The Morgan fingerprint density at radius 2 is 2.06 bits per heavy atom. The van der Waals surface area contributed by atoms with Crippen LogP contribution in [-0.4, -0.2) is 16.7 Å². The van der Waals surface area contributed by atoms with Gasteiger partial charge in [-0.15, -0.1) is 0 Å². The molecule has 0 saturated carbocycles. The van der Waals surface area contributed by atoms with Gasteiger partial charge in [0.25, 0.3) is 0 Å². The van der Waals surface area contributed by atoms with Crippen molar-refractivity contribution in [2.75, 3.05) is 6.54 Å². The van der Waals surface area contributed by atoms with E-state index < -0.39 is 0 Å². The van der Waals surface area contributed by atoms with Crippen LogP contribution in [0.1, 0.15) is 58.8 Å². The summed E-state index contributed by atoms with van der Waals surface area (Å²) in [6.07, 6.45) is 1.95. The zero-order valence-corrected chi connectivity index (χ0v) is 11.0. The number of nitrogens with zero attached hydrogens (tertiary/aromatic N) is 2. The topological polar surface area (TPSA) is 51.0 Å². The van der Waals surface area contributed by atoms with Crippen LogP contribution >= 0.6 is 0 Å². The lowest BCUT2D eigenvalue weighted by Gasteiger charge is -2.14. The Bertz CT molecular complexity index is 314. The average Bonchev–Trinajstić information content (AvgIpc) is 2.59. The lowest BCUT2D eigenvalue weighted by Crippen LogP contribution is -2.19. The van der Waals surface area contributed by atoms with Crippen LogP contribution in [0.15, 0.2) is 4.52 Å². The average molecular weight is 225 g/mol. The first-order valence-corrected chi connectivity index (χ1v) is 5.98. The molecule has 92 valence electrons. The van der Waals surface area contributed by atoms with E-state index in [1.165, 1.54) is 0 Å². The van der Waals surface area contributed by atoms with E-state index in [-0.39, 0.29) is 11.5 Å². The van der Waals surface area contributed by atoms with Crippen LogP contribution in [0.2, 0.25) is 0 Å². The summed E-state index contributed by atoms with van der Waals surface area (Å²) in [7, 11) is 0. The van der Waals surface area contributed by atoms with Gasteiger partial charge in [-0.2, -0.15) is 4.98 Å². The Hall–Kier alpha value is -0.900. The third-order valence-electron chi connectivity index (χ3n) is 2.24. The van der Waals surface area contributed by atoms with E-state index in [0.29, 0.717) is 5.89 Å². The van der Waals surface area contributed by atoms with Crippen LogP contribution in [0.3, 0.4) is 0 Å². The van der Waals surface area contributed by atoms with E-state index in [1.54, 1.807) is 0 Å². The molecule has 1 unspecified atom stereocenters. The Balaban J connectivity index is 2.57. The molecular weight excluding hydrogens is 202 g/mol. The summed E-state index contributed by atoms with van der Waals surface area (Å²) in [4.78, 5) is 4.41. The highest BCUT2D eigenvalue weighted by atomic mass is 16.5. The highest BCUT2D eigenvalue weighted by Gasteiger charge is 2.18. The fourth-order valence-electron chi connectivity index (χ4n) is 1.44. The summed E-state index contributed by atoms with van der Waals surface area (Å²) < 4.78 is 5.25. The fourth-order valence-corrected chi connectivity index (χ4v) is 1.44. The number of nitrogens with one attached hydrogen (secondary N) is 1. The van der Waals surface area contributed by atoms with Crippen LogP contribution in [-0.2, 0) is 6.42 Å². The molecule has 0 fully saturated rings. The molecule has 0 aliphatic carbocycles. The lowest BCUT2D eigenvalue weighted by atomic mass is 9.92. The zero-order chi connectivity index (χ0) is 12.2. The van der Waals surface area contributed by atoms with E-state index in [0.717, 1.165) is 25.2 Å². The molecule has 0 amide bonds. The smallest absolute Gasteiger partial charge is 0.243 e. The minimum atomic E-state index is 0.140. The van der Waals surface area contributed by atoms with Crippen molar-refractivity contribution in [1.82, 2.24) is 15.5 Å². The number of hydrogen-bond acceptors (Lipinski definition) is 4. The molecule has 1 atom stereocenters. The quantitative estimate of drug-likeness (QED) is 0.837. The van der Waals surface area contributed by atoms with Gasteiger partial charge in [-0.1, -0.05) is 32.9 Å². The van der Waals surface area contributed by atoms with Gasteiger partial charge in [-0.3, -0.25) is 0 Å². The maximum Gasteiger partial charge on any atom is 0.243 e. The summed E-state index contributed by atoms with van der Waals surface area (Å²) in [6.45, 7) is 11.7. The fraction of sp³-hybridized carbons (Fsp3) is 0.833. The van der Waals surface area contributed by atoms with E-state index in [9.17, 15) is 0 Å². The van der Waals surface area contributed by atoms with Crippen molar-refractivity contribution in [1.29, 1.82) is 0 Å². The minimum Gasteiger partial charge on any atom is -0.338 e. The molecule has 1 aromatic heterocycles. The molecule has 0 aliphatic heterocycles. The molecule has 0 aromatic carbocycles. The monoisotopic (exact) mass is 225 g/mol. The van der Waals surface area contributed by atoms with Crippen LogP contribution in [0.4, 0.5) is 0 Å². The van der Waals surface area contributed by atoms with E-state index in [1.807, 2.05) is 6.92 Å². The molecule has 1 rings (SSSR count). The van der Waals surface area contributed by atoms with Crippen molar-refractivity contribution in [3.8, 4) is 0 Å². The van der Waals surface area contributed by atoms with Crippen molar-refractivity contribution in [2.24, 2.45) is 5.41 Å². The molecule has 0 radical (unpaired) electrons. The maximum absolute atomic E-state index is 5.25. The predicted molar refractivity (Wildman–Crippen MR) is 64.2 cm³/mol. The molecular formula is C12H23N3O. The number of hydrogen-bond donors (Lipinski definition) is 1. The maximum atomic E-state index is 5.25. The van der Waals surface area contributed by atoms with Crippen LogP contribution in [0, 0.1) is 5.41 Å². The molecule has 4 heteroatoms. The van der Waals surface area contributed by atoms with Gasteiger partial charge in [0.15, 0.2) is 5.82 Å². The Labute approximate surface area is 97.8 Å². The van der Waals surface area contributed by atoms with Gasteiger partial charge < -0.3 is 9.84 Å². The minimum absolute atomic E-state index is 0.140. The van der Waals surface area contributed by atoms with Crippen molar-refractivity contribution in [3.63, 3.8) is 0 Å². The van der Waals surface area contributed by atoms with Crippen molar-refractivity contribution >= 4 is 0 Å². The SMILES string of the molecule is CCCNC(C)c1nc(CC(C)(C)C)no1. The molecule has 0 spiro atoms. The summed E-state index contributed by atoms with van der Waals surface area (Å²) in [5, 5.41) is 7.33. The van der Waals surface area contributed by atoms with Crippen LogP contribution in [0.5, 0.6) is 0 Å². The van der Waals surface area contributed by atoms with Gasteiger partial charge in [-0.05, 0) is 25.3 Å². The summed E-state index contributed by atoms with van der Waals surface area (Å²) >= 11 is 0. The molecule has 0 bridgehead atoms. The molecule has 1 aromatic rings. The number of rotatable bonds is 5. The van der Waals surface area contributed by atoms with Gasteiger partial charge in [-0.25, -0.2) is 0 Å². The second kappa shape index (κ2) is 5.43. The van der Waals surface area contributed by atoms with E-state index in [4.69, 9.17) is 4.52 Å². The molecule has 0 saturated heterocycles. The second-order valence-corrected chi connectivity index (χ2v) is 5.46. The predicted octanol–water partition coefficient (Wildman–Crippen LogP) is 2.72. The van der Waals surface area contributed by atoms with Gasteiger partial charge in [0.1, 0.15) is 0 Å². The number of aromatic nitrogens is 2. The van der Waals surface area contributed by atoms with Crippen molar-refractivity contribution in [3.05, 3.63) is 11.7 Å². The van der Waals surface area contributed by atoms with Crippen molar-refractivity contribution < 1.29 is 4.52 Å². The summed E-state index contributed by atoms with van der Waals surface area (Å²) in [6, 6.07) is 0.140. The normalized spacial score (nSPS) is 14.1. The van der Waals surface area contributed by atoms with Crippen LogP contribution < -0.4 is 5.32 Å². The first-order chi connectivity index (χ1) is 7.42. The molecule has 1 heterocycles. The van der Waals surface area contributed by atoms with Crippen molar-refractivity contribution in [2.45, 2.75) is 53.5 Å². The Kier molecular flexibility index (Phi) is 4.47. The van der Waals surface area contributed by atoms with Gasteiger partial charge in [0.05, 0.1) is 6.04 Å². The second-order valence-electron chi connectivity index (χ2n) is 5.46. The Morgan fingerprint density at radius 1 is 1.38 bits per heavy atom. The highest BCUT2D eigenvalue weighted by Crippen LogP contribution is 2.19. The molecule has 1 N–H and O–H groups in total. The highest BCUT2D eigenvalue weighted by molar-refractivity contribution is 4.93. The van der Waals surface area contributed by atoms with E-state index in [2.05, 4.69) is 43.2 Å². The first kappa shape index (κ1) is 13.2. The summed E-state index contributed by atoms with van der Waals surface area (Å²) in [5.74, 6) is 1.49. The van der Waals surface area contributed by atoms with Gasteiger partial charge >= 0.3 is 0 Å². The van der Waals surface area contributed by atoms with E-state index >= 15 is 0 Å². The third kappa shape index (κ3) is 4.31. The van der Waals surface area contributed by atoms with Gasteiger partial charge in [0, 0.05) is 6.42 Å². The third-order valence-corrected chi connectivity index (χ3v) is 2.24. The standard InChI is InChI=1S/C12H23N3O/c1-6-7-13-9(2)11-14-10(15-16-11)8-12(3,4)5/h9,13H,6-8H2,1-5H3. The zero-order valence-electron chi connectivity index (χ0n) is 11.0. The molecule has 4 nitrogen and oxygen atoms in total. The summed E-state index contributed by atoms with van der Waals surface area (Å²) in [5.41, 5.74) is 0.196. The van der Waals surface area contributed by atoms with Crippen LogP contribution in [0.25, 0.3) is 0 Å². The molecule has 0 aliphatic rings. The largest absolute Gasteiger partial charge is 0.338 e. The Morgan fingerprint density at radius 3 is 2.62 bits per heavy atom. The molecule has 16 heavy (non-hydrogen) atoms. The lowest BCUT2D eigenvalue weighted by molar-refractivity contribution is 0.329. The first-order valence-electron chi connectivity index (χ1n) is 5.98.